The number of rotatable bonds is 3. The Morgan fingerprint density at radius 1 is 1.59 bits per heavy atom. The topological polar surface area (TPSA) is 58.6 Å². The van der Waals surface area contributed by atoms with Gasteiger partial charge in [-0.05, 0) is 12.5 Å². The highest BCUT2D eigenvalue weighted by Crippen LogP contribution is 2.32. The van der Waals surface area contributed by atoms with E-state index in [9.17, 15) is 9.18 Å². The van der Waals surface area contributed by atoms with Gasteiger partial charge in [0.2, 0.25) is 0 Å². The molecule has 1 heterocycles. The van der Waals surface area contributed by atoms with E-state index in [4.69, 9.17) is 9.84 Å². The summed E-state index contributed by atoms with van der Waals surface area (Å²) in [4.78, 5) is 10.8. The second kappa shape index (κ2) is 4.71. The Bertz CT molecular complexity index is 436. The summed E-state index contributed by atoms with van der Waals surface area (Å²) in [5.41, 5.74) is 0.466. The molecule has 2 N–H and O–H groups in total. The zero-order valence-corrected chi connectivity index (χ0v) is 9.44. The van der Waals surface area contributed by atoms with Crippen LogP contribution in [0.2, 0.25) is 0 Å². The first-order valence-corrected chi connectivity index (χ1v) is 5.42. The summed E-state index contributed by atoms with van der Waals surface area (Å²) in [7, 11) is 1.41. The van der Waals surface area contributed by atoms with Crippen LogP contribution < -0.4 is 10.1 Å². The van der Waals surface area contributed by atoms with Crippen LogP contribution in [0.4, 0.5) is 4.39 Å². The van der Waals surface area contributed by atoms with Gasteiger partial charge in [-0.1, -0.05) is 12.1 Å². The van der Waals surface area contributed by atoms with Crippen LogP contribution in [0, 0.1) is 11.7 Å². The highest BCUT2D eigenvalue weighted by Gasteiger charge is 2.31. The maximum absolute atomic E-state index is 13.9. The Hall–Kier alpha value is -1.62. The molecule has 1 aliphatic heterocycles. The molecule has 1 aliphatic rings. The SMILES string of the molecule is COc1cccc(C2CC(C(=O)O)CN2)c1F. The number of carboxylic acid groups (broad SMARTS) is 1. The molecule has 0 radical (unpaired) electrons. The molecule has 2 atom stereocenters. The third-order valence-corrected chi connectivity index (χ3v) is 3.07. The van der Waals surface area contributed by atoms with Crippen LogP contribution in [0.15, 0.2) is 18.2 Å². The third kappa shape index (κ3) is 2.24. The molecular weight excluding hydrogens is 225 g/mol. The normalized spacial score (nSPS) is 23.6. The minimum atomic E-state index is -0.844. The van der Waals surface area contributed by atoms with E-state index < -0.39 is 17.7 Å². The van der Waals surface area contributed by atoms with Crippen molar-refractivity contribution in [2.24, 2.45) is 5.92 Å². The van der Waals surface area contributed by atoms with Crippen LogP contribution in [0.5, 0.6) is 5.75 Å². The number of halogens is 1. The lowest BCUT2D eigenvalue weighted by atomic mass is 9.99. The number of hydrogen-bond acceptors (Lipinski definition) is 3. The number of carboxylic acids is 1. The van der Waals surface area contributed by atoms with Crippen molar-refractivity contribution in [3.05, 3.63) is 29.6 Å². The van der Waals surface area contributed by atoms with Crippen LogP contribution in [0.3, 0.4) is 0 Å². The van der Waals surface area contributed by atoms with Crippen molar-refractivity contribution >= 4 is 5.97 Å². The lowest BCUT2D eigenvalue weighted by Gasteiger charge is -2.13. The van der Waals surface area contributed by atoms with Gasteiger partial charge in [-0.2, -0.15) is 0 Å². The van der Waals surface area contributed by atoms with Crippen molar-refractivity contribution in [2.75, 3.05) is 13.7 Å². The molecule has 1 aromatic rings. The molecule has 1 saturated heterocycles. The highest BCUT2D eigenvalue weighted by atomic mass is 19.1. The summed E-state index contributed by atoms with van der Waals surface area (Å²) in [6.45, 7) is 0.372. The molecule has 0 aliphatic carbocycles. The summed E-state index contributed by atoms with van der Waals surface area (Å²) >= 11 is 0. The average molecular weight is 239 g/mol. The second-order valence-corrected chi connectivity index (χ2v) is 4.10. The average Bonchev–Trinajstić information content (AvgIpc) is 2.78. The summed E-state index contributed by atoms with van der Waals surface area (Å²) in [6, 6.07) is 4.64. The van der Waals surface area contributed by atoms with Crippen LogP contribution in [0.25, 0.3) is 0 Å². The van der Waals surface area contributed by atoms with E-state index in [1.165, 1.54) is 7.11 Å². The monoisotopic (exact) mass is 239 g/mol. The molecule has 0 aromatic heterocycles. The molecule has 5 heteroatoms. The molecule has 0 bridgehead atoms. The summed E-state index contributed by atoms with van der Waals surface area (Å²) in [5, 5.41) is 11.9. The Balaban J connectivity index is 2.22. The van der Waals surface area contributed by atoms with Gasteiger partial charge < -0.3 is 15.2 Å². The van der Waals surface area contributed by atoms with Crippen molar-refractivity contribution in [1.29, 1.82) is 0 Å². The van der Waals surface area contributed by atoms with Gasteiger partial charge in [-0.3, -0.25) is 4.79 Å². The van der Waals surface area contributed by atoms with E-state index in [0.717, 1.165) is 0 Å². The molecule has 0 spiro atoms. The Labute approximate surface area is 98.4 Å². The van der Waals surface area contributed by atoms with Crippen LogP contribution >= 0.6 is 0 Å². The summed E-state index contributed by atoms with van der Waals surface area (Å²) in [6.07, 6.45) is 0.402. The first-order valence-electron chi connectivity index (χ1n) is 5.42. The van der Waals surface area contributed by atoms with Gasteiger partial charge in [0.15, 0.2) is 11.6 Å². The van der Waals surface area contributed by atoms with Gasteiger partial charge in [-0.15, -0.1) is 0 Å². The summed E-state index contributed by atoms with van der Waals surface area (Å²) in [5.74, 6) is -1.53. The second-order valence-electron chi connectivity index (χ2n) is 4.10. The lowest BCUT2D eigenvalue weighted by Crippen LogP contribution is -2.17. The van der Waals surface area contributed by atoms with Gasteiger partial charge in [0.05, 0.1) is 13.0 Å². The zero-order chi connectivity index (χ0) is 12.4. The molecule has 2 rings (SSSR count). The van der Waals surface area contributed by atoms with Crippen molar-refractivity contribution in [3.63, 3.8) is 0 Å². The first-order chi connectivity index (χ1) is 8.13. The fourth-order valence-corrected chi connectivity index (χ4v) is 2.12. The number of carbonyl (C=O) groups is 1. The lowest BCUT2D eigenvalue weighted by molar-refractivity contribution is -0.141. The standard InChI is InChI=1S/C12H14FNO3/c1-17-10-4-2-3-8(11(10)13)9-5-7(6-14-9)12(15)16/h2-4,7,9,14H,5-6H2,1H3,(H,15,16). The molecular formula is C12H14FNO3. The first kappa shape index (κ1) is 11.9. The molecule has 17 heavy (non-hydrogen) atoms. The van der Waals surface area contributed by atoms with E-state index >= 15 is 0 Å². The van der Waals surface area contributed by atoms with Gasteiger partial charge in [0, 0.05) is 18.2 Å². The molecule has 1 fully saturated rings. The molecule has 0 amide bonds. The maximum atomic E-state index is 13.9. The number of ether oxygens (including phenoxy) is 1. The van der Waals surface area contributed by atoms with E-state index in [0.29, 0.717) is 18.5 Å². The van der Waals surface area contributed by atoms with E-state index in [2.05, 4.69) is 5.32 Å². The predicted molar refractivity (Wildman–Crippen MR) is 59.4 cm³/mol. The van der Waals surface area contributed by atoms with Gasteiger partial charge in [0.1, 0.15) is 0 Å². The Kier molecular flexibility index (Phi) is 3.28. The van der Waals surface area contributed by atoms with Crippen molar-refractivity contribution in [1.82, 2.24) is 5.32 Å². The highest BCUT2D eigenvalue weighted by molar-refractivity contribution is 5.70. The minimum absolute atomic E-state index is 0.183. The predicted octanol–water partition coefficient (Wildman–Crippen LogP) is 1.57. The quantitative estimate of drug-likeness (QED) is 0.840. The molecule has 2 unspecified atom stereocenters. The fraction of sp³-hybridized carbons (Fsp3) is 0.417. The number of aliphatic carboxylic acids is 1. The van der Waals surface area contributed by atoms with Crippen molar-refractivity contribution in [2.45, 2.75) is 12.5 Å². The maximum Gasteiger partial charge on any atom is 0.307 e. The van der Waals surface area contributed by atoms with Gasteiger partial charge in [0.25, 0.3) is 0 Å². The van der Waals surface area contributed by atoms with Crippen LogP contribution in [-0.4, -0.2) is 24.7 Å². The number of nitrogens with one attached hydrogen (secondary N) is 1. The number of hydrogen-bond donors (Lipinski definition) is 2. The van der Waals surface area contributed by atoms with E-state index in [1.54, 1.807) is 18.2 Å². The Morgan fingerprint density at radius 2 is 2.35 bits per heavy atom. The zero-order valence-electron chi connectivity index (χ0n) is 9.44. The largest absolute Gasteiger partial charge is 0.494 e. The number of benzene rings is 1. The Morgan fingerprint density at radius 3 is 2.94 bits per heavy atom. The van der Waals surface area contributed by atoms with Crippen molar-refractivity contribution < 1.29 is 19.0 Å². The van der Waals surface area contributed by atoms with E-state index in [1.807, 2.05) is 0 Å². The van der Waals surface area contributed by atoms with E-state index in [-0.39, 0.29) is 11.8 Å². The third-order valence-electron chi connectivity index (χ3n) is 3.07. The summed E-state index contributed by atoms with van der Waals surface area (Å²) < 4.78 is 18.8. The van der Waals surface area contributed by atoms with Crippen LogP contribution in [-0.2, 0) is 4.79 Å². The minimum Gasteiger partial charge on any atom is -0.494 e. The molecule has 4 nitrogen and oxygen atoms in total. The van der Waals surface area contributed by atoms with Crippen molar-refractivity contribution in [3.8, 4) is 5.75 Å². The molecule has 1 aromatic carbocycles. The molecule has 0 saturated carbocycles. The van der Waals surface area contributed by atoms with Crippen LogP contribution in [0.1, 0.15) is 18.0 Å². The number of methoxy groups -OCH3 is 1. The van der Waals surface area contributed by atoms with Gasteiger partial charge in [-0.25, -0.2) is 4.39 Å². The fourth-order valence-electron chi connectivity index (χ4n) is 2.12. The van der Waals surface area contributed by atoms with Gasteiger partial charge >= 0.3 is 5.97 Å². The molecule has 92 valence electrons. The smallest absolute Gasteiger partial charge is 0.307 e.